The normalized spacial score (nSPS) is 11.7. The molecule has 0 aliphatic heterocycles. The highest BCUT2D eigenvalue weighted by molar-refractivity contribution is 5.92. The van der Waals surface area contributed by atoms with Crippen LogP contribution in [-0.4, -0.2) is 18.1 Å². The molecule has 0 atom stereocenters. The summed E-state index contributed by atoms with van der Waals surface area (Å²) < 4.78 is 44.1. The predicted molar refractivity (Wildman–Crippen MR) is 76.7 cm³/mol. The van der Waals surface area contributed by atoms with Crippen LogP contribution in [0.4, 0.5) is 18.9 Å². The summed E-state index contributed by atoms with van der Waals surface area (Å²) in [7, 11) is 0. The van der Waals surface area contributed by atoms with Crippen LogP contribution in [0, 0.1) is 0 Å². The lowest BCUT2D eigenvalue weighted by Crippen LogP contribution is -2.10. The molecule has 0 bridgehead atoms. The van der Waals surface area contributed by atoms with Gasteiger partial charge in [-0.1, -0.05) is 6.92 Å². The molecule has 0 radical (unpaired) electrons. The first-order valence-corrected chi connectivity index (χ1v) is 6.84. The molecule has 2 aromatic rings. The molecule has 0 unspecified atom stereocenters. The van der Waals surface area contributed by atoms with Crippen LogP contribution in [0.2, 0.25) is 0 Å². The minimum Gasteiger partial charge on any atom is -0.494 e. The van der Waals surface area contributed by atoms with E-state index >= 15 is 0 Å². The van der Waals surface area contributed by atoms with Gasteiger partial charge in [-0.3, -0.25) is 0 Å². The third-order valence-electron chi connectivity index (χ3n) is 2.95. The molecule has 6 heteroatoms. The molecule has 21 heavy (non-hydrogen) atoms. The van der Waals surface area contributed by atoms with E-state index in [0.717, 1.165) is 12.5 Å². The van der Waals surface area contributed by atoms with Gasteiger partial charge in [0.1, 0.15) is 11.4 Å². The number of rotatable bonds is 5. The zero-order valence-electron chi connectivity index (χ0n) is 11.9. The summed E-state index contributed by atoms with van der Waals surface area (Å²) in [5.41, 5.74) is -0.166. The number of pyridine rings is 1. The van der Waals surface area contributed by atoms with Crippen LogP contribution >= 0.6 is 0 Å². The zero-order valence-corrected chi connectivity index (χ0v) is 11.9. The lowest BCUT2D eigenvalue weighted by atomic mass is 10.1. The molecule has 3 nitrogen and oxygen atoms in total. The summed E-state index contributed by atoms with van der Waals surface area (Å²) in [6.07, 6.45) is -3.65. The zero-order chi connectivity index (χ0) is 15.5. The lowest BCUT2D eigenvalue weighted by Gasteiger charge is -2.14. The van der Waals surface area contributed by atoms with Gasteiger partial charge in [0.15, 0.2) is 0 Å². The van der Waals surface area contributed by atoms with Crippen molar-refractivity contribution in [2.75, 3.05) is 18.5 Å². The Morgan fingerprint density at radius 1 is 1.19 bits per heavy atom. The van der Waals surface area contributed by atoms with Crippen LogP contribution in [0.15, 0.2) is 24.3 Å². The topological polar surface area (TPSA) is 34.2 Å². The van der Waals surface area contributed by atoms with E-state index in [1.807, 2.05) is 13.8 Å². The molecule has 0 amide bonds. The molecule has 114 valence electrons. The van der Waals surface area contributed by atoms with Crippen LogP contribution < -0.4 is 10.1 Å². The first-order chi connectivity index (χ1) is 9.95. The van der Waals surface area contributed by atoms with Crippen molar-refractivity contribution in [3.63, 3.8) is 0 Å². The average molecular weight is 298 g/mol. The van der Waals surface area contributed by atoms with E-state index in [0.29, 0.717) is 35.5 Å². The Kier molecular flexibility index (Phi) is 4.55. The van der Waals surface area contributed by atoms with Gasteiger partial charge in [0.2, 0.25) is 0 Å². The van der Waals surface area contributed by atoms with Crippen LogP contribution in [0.25, 0.3) is 10.9 Å². The Morgan fingerprint density at radius 3 is 2.57 bits per heavy atom. The summed E-state index contributed by atoms with van der Waals surface area (Å²) in [6.45, 7) is 4.89. The molecule has 0 spiro atoms. The minimum absolute atomic E-state index is 0.298. The van der Waals surface area contributed by atoms with Gasteiger partial charge in [0.05, 0.1) is 12.1 Å². The number of fused-ring (bicyclic) bond motifs is 1. The van der Waals surface area contributed by atoms with Gasteiger partial charge in [-0.2, -0.15) is 13.2 Å². The van der Waals surface area contributed by atoms with Crippen molar-refractivity contribution in [2.45, 2.75) is 26.4 Å². The summed E-state index contributed by atoms with van der Waals surface area (Å²) in [5.74, 6) is 0.617. The van der Waals surface area contributed by atoms with Crippen molar-refractivity contribution in [1.82, 2.24) is 4.98 Å². The van der Waals surface area contributed by atoms with Crippen molar-refractivity contribution in [3.05, 3.63) is 30.0 Å². The van der Waals surface area contributed by atoms with Gasteiger partial charge in [0.25, 0.3) is 0 Å². The first kappa shape index (κ1) is 15.4. The maximum Gasteiger partial charge on any atom is 0.433 e. The third kappa shape index (κ3) is 3.56. The summed E-state index contributed by atoms with van der Waals surface area (Å²) in [6, 6.07) is 5.94. The fraction of sp³-hybridized carbons (Fsp3) is 0.400. The van der Waals surface area contributed by atoms with Gasteiger partial charge in [-0.05, 0) is 37.6 Å². The maximum atomic E-state index is 12.9. The fourth-order valence-corrected chi connectivity index (χ4v) is 2.01. The monoisotopic (exact) mass is 298 g/mol. The Labute approximate surface area is 121 Å². The number of ether oxygens (including phenoxy) is 1. The van der Waals surface area contributed by atoms with Crippen LogP contribution in [0.1, 0.15) is 26.0 Å². The van der Waals surface area contributed by atoms with Gasteiger partial charge >= 0.3 is 6.18 Å². The molecule has 0 aliphatic carbocycles. The number of nitrogens with one attached hydrogen (secondary N) is 1. The largest absolute Gasteiger partial charge is 0.494 e. The number of halogens is 3. The van der Waals surface area contributed by atoms with E-state index in [1.54, 1.807) is 18.2 Å². The number of hydrogen-bond donors (Lipinski definition) is 1. The number of hydrogen-bond acceptors (Lipinski definition) is 3. The number of aromatic nitrogens is 1. The number of nitrogens with zero attached hydrogens (tertiary/aromatic N) is 1. The molecule has 1 aromatic heterocycles. The van der Waals surface area contributed by atoms with Crippen LogP contribution in [0.5, 0.6) is 5.75 Å². The van der Waals surface area contributed by atoms with Crippen LogP contribution in [-0.2, 0) is 6.18 Å². The van der Waals surface area contributed by atoms with Crippen molar-refractivity contribution in [3.8, 4) is 5.75 Å². The average Bonchev–Trinajstić information content (AvgIpc) is 2.44. The third-order valence-corrected chi connectivity index (χ3v) is 2.95. The lowest BCUT2D eigenvalue weighted by molar-refractivity contribution is -0.140. The van der Waals surface area contributed by atoms with E-state index in [2.05, 4.69) is 10.3 Å². The van der Waals surface area contributed by atoms with E-state index in [-0.39, 0.29) is 0 Å². The van der Waals surface area contributed by atoms with E-state index in [4.69, 9.17) is 4.74 Å². The van der Waals surface area contributed by atoms with E-state index in [9.17, 15) is 13.2 Å². The standard InChI is InChI=1S/C15H17F3N2O/c1-3-7-19-13-9-14(15(16,17)18)20-12-6-5-10(21-4-2)8-11(12)13/h5-6,8-9H,3-4,7H2,1-2H3,(H,19,20). The second-order valence-electron chi connectivity index (χ2n) is 4.59. The number of alkyl halides is 3. The molecular formula is C15H17F3N2O. The molecule has 0 saturated heterocycles. The highest BCUT2D eigenvalue weighted by Crippen LogP contribution is 2.34. The molecular weight excluding hydrogens is 281 g/mol. The Morgan fingerprint density at radius 2 is 1.95 bits per heavy atom. The molecule has 0 aliphatic rings. The van der Waals surface area contributed by atoms with Crippen molar-refractivity contribution in [1.29, 1.82) is 0 Å². The van der Waals surface area contributed by atoms with Gasteiger partial charge in [0, 0.05) is 17.6 Å². The highest BCUT2D eigenvalue weighted by Gasteiger charge is 2.33. The number of anilines is 1. The Bertz CT molecular complexity index is 626. The minimum atomic E-state index is -4.46. The highest BCUT2D eigenvalue weighted by atomic mass is 19.4. The van der Waals surface area contributed by atoms with Crippen molar-refractivity contribution < 1.29 is 17.9 Å². The molecule has 0 fully saturated rings. The molecule has 2 rings (SSSR count). The van der Waals surface area contributed by atoms with Crippen molar-refractivity contribution in [2.24, 2.45) is 0 Å². The van der Waals surface area contributed by atoms with Gasteiger partial charge in [-0.15, -0.1) is 0 Å². The number of benzene rings is 1. The molecule has 1 N–H and O–H groups in total. The smallest absolute Gasteiger partial charge is 0.433 e. The second-order valence-corrected chi connectivity index (χ2v) is 4.59. The van der Waals surface area contributed by atoms with E-state index < -0.39 is 11.9 Å². The summed E-state index contributed by atoms with van der Waals surface area (Å²) in [5, 5.41) is 3.65. The van der Waals surface area contributed by atoms with Crippen LogP contribution in [0.3, 0.4) is 0 Å². The van der Waals surface area contributed by atoms with Crippen molar-refractivity contribution >= 4 is 16.6 Å². The Balaban J connectivity index is 2.57. The molecule has 0 saturated carbocycles. The van der Waals surface area contributed by atoms with E-state index in [1.165, 1.54) is 0 Å². The fourth-order valence-electron chi connectivity index (χ4n) is 2.01. The predicted octanol–water partition coefficient (Wildman–Crippen LogP) is 4.47. The quantitative estimate of drug-likeness (QED) is 0.884. The SMILES string of the molecule is CCCNc1cc(C(F)(F)F)nc2ccc(OCC)cc12. The molecule has 1 aromatic carbocycles. The second kappa shape index (κ2) is 6.20. The van der Waals surface area contributed by atoms with Gasteiger partial charge < -0.3 is 10.1 Å². The molecule has 1 heterocycles. The summed E-state index contributed by atoms with van der Waals surface area (Å²) >= 11 is 0. The Hall–Kier alpha value is -1.98. The maximum absolute atomic E-state index is 12.9. The van der Waals surface area contributed by atoms with Gasteiger partial charge in [-0.25, -0.2) is 4.98 Å². The summed E-state index contributed by atoms with van der Waals surface area (Å²) in [4.78, 5) is 3.70. The first-order valence-electron chi connectivity index (χ1n) is 6.84.